The van der Waals surface area contributed by atoms with Crippen molar-refractivity contribution in [3.8, 4) is 11.3 Å². The van der Waals surface area contributed by atoms with Gasteiger partial charge in [0.1, 0.15) is 11.5 Å². The SMILES string of the molecule is CC(C)CCN(Cc1c(-c2ccccc2F)noc1N1CCOCC1)C(=O)C(C)C. The normalized spacial score (nSPS) is 14.6. The number of halogens is 1. The van der Waals surface area contributed by atoms with E-state index in [1.807, 2.05) is 18.7 Å². The number of rotatable bonds is 8. The quantitative estimate of drug-likeness (QED) is 0.639. The second kappa shape index (κ2) is 10.1. The highest BCUT2D eigenvalue weighted by molar-refractivity contribution is 5.79. The van der Waals surface area contributed by atoms with E-state index in [-0.39, 0.29) is 17.6 Å². The first kappa shape index (κ1) is 22.3. The lowest BCUT2D eigenvalue weighted by Gasteiger charge is -2.29. The Morgan fingerprint density at radius 3 is 2.53 bits per heavy atom. The summed E-state index contributed by atoms with van der Waals surface area (Å²) in [6.45, 7) is 11.6. The van der Waals surface area contributed by atoms with Crippen LogP contribution in [0.3, 0.4) is 0 Å². The van der Waals surface area contributed by atoms with Gasteiger partial charge >= 0.3 is 0 Å². The van der Waals surface area contributed by atoms with Crippen molar-refractivity contribution in [1.82, 2.24) is 10.1 Å². The van der Waals surface area contributed by atoms with Crippen LogP contribution in [-0.4, -0.2) is 48.8 Å². The Labute approximate surface area is 178 Å². The highest BCUT2D eigenvalue weighted by Crippen LogP contribution is 2.34. The third-order valence-corrected chi connectivity index (χ3v) is 5.33. The number of hydrogen-bond acceptors (Lipinski definition) is 5. The van der Waals surface area contributed by atoms with Gasteiger partial charge in [-0.15, -0.1) is 0 Å². The minimum absolute atomic E-state index is 0.0734. The predicted molar refractivity (Wildman–Crippen MR) is 115 cm³/mol. The third-order valence-electron chi connectivity index (χ3n) is 5.33. The molecule has 0 atom stereocenters. The maximum Gasteiger partial charge on any atom is 0.233 e. The van der Waals surface area contributed by atoms with E-state index in [1.165, 1.54) is 6.07 Å². The minimum Gasteiger partial charge on any atom is -0.378 e. The molecule has 0 spiro atoms. The van der Waals surface area contributed by atoms with E-state index in [0.717, 1.165) is 12.0 Å². The molecule has 0 aliphatic carbocycles. The topological polar surface area (TPSA) is 58.8 Å². The lowest BCUT2D eigenvalue weighted by atomic mass is 10.0. The molecule has 1 aliphatic heterocycles. The van der Waals surface area contributed by atoms with Crippen molar-refractivity contribution >= 4 is 11.8 Å². The fourth-order valence-electron chi connectivity index (χ4n) is 3.56. The summed E-state index contributed by atoms with van der Waals surface area (Å²) in [5.74, 6) is 0.664. The number of benzene rings is 1. The van der Waals surface area contributed by atoms with E-state index < -0.39 is 0 Å². The van der Waals surface area contributed by atoms with Crippen LogP contribution in [0.1, 0.15) is 39.7 Å². The van der Waals surface area contributed by atoms with Crippen molar-refractivity contribution in [3.63, 3.8) is 0 Å². The summed E-state index contributed by atoms with van der Waals surface area (Å²) in [5, 5.41) is 4.24. The van der Waals surface area contributed by atoms with Crippen LogP contribution in [0.15, 0.2) is 28.8 Å². The molecular formula is C23H32FN3O3. The van der Waals surface area contributed by atoms with Crippen molar-refractivity contribution < 1.29 is 18.4 Å². The first-order valence-electron chi connectivity index (χ1n) is 10.7. The van der Waals surface area contributed by atoms with Crippen LogP contribution >= 0.6 is 0 Å². The fraction of sp³-hybridized carbons (Fsp3) is 0.565. The fourth-order valence-corrected chi connectivity index (χ4v) is 3.56. The molecule has 1 fully saturated rings. The molecule has 6 nitrogen and oxygen atoms in total. The van der Waals surface area contributed by atoms with Crippen LogP contribution in [0, 0.1) is 17.7 Å². The molecule has 2 heterocycles. The largest absolute Gasteiger partial charge is 0.378 e. The van der Waals surface area contributed by atoms with Crippen LogP contribution in [-0.2, 0) is 16.1 Å². The predicted octanol–water partition coefficient (Wildman–Crippen LogP) is 4.35. The summed E-state index contributed by atoms with van der Waals surface area (Å²) in [4.78, 5) is 16.9. The van der Waals surface area contributed by atoms with Gasteiger partial charge in [-0.3, -0.25) is 4.79 Å². The van der Waals surface area contributed by atoms with Crippen LogP contribution in [0.5, 0.6) is 0 Å². The standard InChI is InChI=1S/C23H32FN3O3/c1-16(2)9-10-27(22(28)17(3)4)15-19-21(18-7-5-6-8-20(18)24)25-30-23(19)26-11-13-29-14-12-26/h5-8,16-17H,9-15H2,1-4H3. The lowest BCUT2D eigenvalue weighted by molar-refractivity contribution is -0.135. The summed E-state index contributed by atoms with van der Waals surface area (Å²) in [7, 11) is 0. The van der Waals surface area contributed by atoms with E-state index in [9.17, 15) is 9.18 Å². The maximum absolute atomic E-state index is 14.6. The van der Waals surface area contributed by atoms with Crippen LogP contribution < -0.4 is 4.90 Å². The van der Waals surface area contributed by atoms with Gasteiger partial charge in [0.15, 0.2) is 0 Å². The van der Waals surface area contributed by atoms with Crippen LogP contribution in [0.2, 0.25) is 0 Å². The molecule has 1 aromatic heterocycles. The zero-order chi connectivity index (χ0) is 21.7. The Balaban J connectivity index is 2.01. The summed E-state index contributed by atoms with van der Waals surface area (Å²) in [6, 6.07) is 6.54. The molecule has 0 radical (unpaired) electrons. The molecule has 0 unspecified atom stereocenters. The number of aromatic nitrogens is 1. The van der Waals surface area contributed by atoms with Gasteiger partial charge in [-0.25, -0.2) is 4.39 Å². The number of carbonyl (C=O) groups is 1. The van der Waals surface area contributed by atoms with Gasteiger partial charge in [0, 0.05) is 31.1 Å². The van der Waals surface area contributed by atoms with Crippen LogP contribution in [0.25, 0.3) is 11.3 Å². The second-order valence-corrected chi connectivity index (χ2v) is 8.49. The smallest absolute Gasteiger partial charge is 0.233 e. The van der Waals surface area contributed by atoms with Crippen molar-refractivity contribution in [2.45, 2.75) is 40.7 Å². The molecule has 3 rings (SSSR count). The number of morpholine rings is 1. The summed E-state index contributed by atoms with van der Waals surface area (Å²) in [6.07, 6.45) is 0.895. The number of hydrogen-bond donors (Lipinski definition) is 0. The molecule has 1 amide bonds. The van der Waals surface area contributed by atoms with E-state index in [0.29, 0.717) is 62.5 Å². The minimum atomic E-state index is -0.357. The Morgan fingerprint density at radius 1 is 1.20 bits per heavy atom. The molecule has 1 saturated heterocycles. The molecule has 2 aromatic rings. The van der Waals surface area contributed by atoms with Crippen molar-refractivity contribution in [1.29, 1.82) is 0 Å². The number of ether oxygens (including phenoxy) is 1. The van der Waals surface area contributed by atoms with Gasteiger partial charge in [0.2, 0.25) is 11.8 Å². The van der Waals surface area contributed by atoms with Crippen molar-refractivity contribution in [2.75, 3.05) is 37.7 Å². The third kappa shape index (κ3) is 5.19. The molecular weight excluding hydrogens is 385 g/mol. The number of carbonyl (C=O) groups excluding carboxylic acids is 1. The Morgan fingerprint density at radius 2 is 1.90 bits per heavy atom. The van der Waals surface area contributed by atoms with Gasteiger partial charge in [-0.1, -0.05) is 45.0 Å². The maximum atomic E-state index is 14.6. The van der Waals surface area contributed by atoms with Gasteiger partial charge in [-0.05, 0) is 24.5 Å². The Hall–Kier alpha value is -2.41. The first-order valence-corrected chi connectivity index (χ1v) is 10.7. The van der Waals surface area contributed by atoms with Gasteiger partial charge < -0.3 is 19.1 Å². The number of amides is 1. The number of nitrogens with zero attached hydrogens (tertiary/aromatic N) is 3. The zero-order valence-electron chi connectivity index (χ0n) is 18.4. The molecule has 0 N–H and O–H groups in total. The molecule has 0 bridgehead atoms. The van der Waals surface area contributed by atoms with Crippen molar-refractivity contribution in [2.24, 2.45) is 11.8 Å². The average Bonchev–Trinajstić information content (AvgIpc) is 3.14. The molecule has 30 heavy (non-hydrogen) atoms. The van der Waals surface area contributed by atoms with E-state index in [1.54, 1.807) is 18.2 Å². The Kier molecular flexibility index (Phi) is 7.48. The highest BCUT2D eigenvalue weighted by atomic mass is 19.1. The van der Waals surface area contributed by atoms with Gasteiger partial charge in [-0.2, -0.15) is 0 Å². The zero-order valence-corrected chi connectivity index (χ0v) is 18.4. The monoisotopic (exact) mass is 417 g/mol. The van der Waals surface area contributed by atoms with Crippen LogP contribution in [0.4, 0.5) is 10.3 Å². The number of anilines is 1. The summed E-state index contributed by atoms with van der Waals surface area (Å²) >= 11 is 0. The second-order valence-electron chi connectivity index (χ2n) is 8.49. The molecule has 1 aromatic carbocycles. The van der Waals surface area contributed by atoms with E-state index in [2.05, 4.69) is 23.9 Å². The Bertz CT molecular complexity index is 844. The van der Waals surface area contributed by atoms with E-state index in [4.69, 9.17) is 9.26 Å². The molecule has 0 saturated carbocycles. The van der Waals surface area contributed by atoms with Gasteiger partial charge in [0.25, 0.3) is 0 Å². The van der Waals surface area contributed by atoms with E-state index >= 15 is 0 Å². The lowest BCUT2D eigenvalue weighted by Crippen LogP contribution is -2.38. The van der Waals surface area contributed by atoms with Crippen molar-refractivity contribution in [3.05, 3.63) is 35.6 Å². The first-order chi connectivity index (χ1) is 14.4. The van der Waals surface area contributed by atoms with Gasteiger partial charge in [0.05, 0.1) is 25.3 Å². The summed E-state index contributed by atoms with van der Waals surface area (Å²) < 4.78 is 25.8. The molecule has 164 valence electrons. The highest BCUT2D eigenvalue weighted by Gasteiger charge is 2.28. The molecule has 1 aliphatic rings. The average molecular weight is 418 g/mol. The summed E-state index contributed by atoms with van der Waals surface area (Å²) in [5.41, 5.74) is 1.59. The molecule has 7 heteroatoms.